The molecule has 0 saturated heterocycles. The Morgan fingerprint density at radius 1 is 1.17 bits per heavy atom. The van der Waals surface area contributed by atoms with Crippen molar-refractivity contribution >= 4 is 17.1 Å². The Balaban J connectivity index is 2.25. The minimum Gasteiger partial charge on any atom is -0.435 e. The number of aromatic nitrogens is 3. The Labute approximate surface area is 172 Å². The highest BCUT2D eigenvalue weighted by molar-refractivity contribution is 6.33. The molecule has 3 rings (SSSR count). The lowest BCUT2D eigenvalue weighted by atomic mass is 9.95. The molecular weight excluding hydrogens is 400 g/mol. The summed E-state index contributed by atoms with van der Waals surface area (Å²) in [5.41, 5.74) is 3.19. The normalized spacial score (nSPS) is 11.8. The molecule has 0 atom stereocenters. The van der Waals surface area contributed by atoms with E-state index in [1.54, 1.807) is 24.6 Å². The molecule has 8 heteroatoms. The van der Waals surface area contributed by atoms with E-state index in [9.17, 15) is 13.6 Å². The molecule has 156 valence electrons. The van der Waals surface area contributed by atoms with Gasteiger partial charge >= 0.3 is 6.61 Å². The predicted octanol–water partition coefficient (Wildman–Crippen LogP) is 5.48. The second kappa shape index (κ2) is 8.14. The van der Waals surface area contributed by atoms with Crippen LogP contribution >= 0.6 is 11.6 Å². The van der Waals surface area contributed by atoms with Crippen LogP contribution in [-0.2, 0) is 7.05 Å². The molecule has 0 aliphatic rings. The minimum absolute atomic E-state index is 0.00649. The lowest BCUT2D eigenvalue weighted by molar-refractivity contribution is -0.0502. The van der Waals surface area contributed by atoms with Gasteiger partial charge in [0.25, 0.3) is 5.56 Å². The van der Waals surface area contributed by atoms with E-state index in [0.29, 0.717) is 22.5 Å². The fraction of sp³-hybridized carbons (Fsp3) is 0.429. The Bertz CT molecular complexity index is 1120. The fourth-order valence-corrected chi connectivity index (χ4v) is 3.98. The average molecular weight is 424 g/mol. The molecule has 0 bridgehead atoms. The zero-order chi connectivity index (χ0) is 21.5. The molecule has 0 radical (unpaired) electrons. The Morgan fingerprint density at radius 2 is 1.83 bits per heavy atom. The van der Waals surface area contributed by atoms with Gasteiger partial charge in [0.05, 0.1) is 5.02 Å². The van der Waals surface area contributed by atoms with Crippen molar-refractivity contribution in [2.75, 3.05) is 0 Å². The number of fused-ring (bicyclic) bond motifs is 1. The third-order valence-electron chi connectivity index (χ3n) is 5.35. The SMILES string of the molecule is CCC(CC)c1cc(C)n2nc(-c3cc(C)c(OC(F)F)cc3Cl)n(C)c(=O)c12. The highest BCUT2D eigenvalue weighted by Gasteiger charge is 2.22. The Hall–Kier alpha value is -2.41. The summed E-state index contributed by atoms with van der Waals surface area (Å²) in [6.07, 6.45) is 1.86. The number of benzene rings is 1. The standard InChI is InChI=1S/C21H24ClF2N3O2/c1-6-13(7-2)14-9-12(4)27-18(14)20(28)26(5)19(25-27)15-8-11(3)17(10-16(15)22)29-21(23)24/h8-10,13,21H,6-7H2,1-5H3. The van der Waals surface area contributed by atoms with E-state index in [0.717, 1.165) is 24.1 Å². The van der Waals surface area contributed by atoms with Crippen LogP contribution in [0, 0.1) is 13.8 Å². The minimum atomic E-state index is -2.94. The molecule has 0 unspecified atom stereocenters. The number of hydrogen-bond donors (Lipinski definition) is 0. The van der Waals surface area contributed by atoms with E-state index in [-0.39, 0.29) is 22.2 Å². The van der Waals surface area contributed by atoms with Crippen LogP contribution in [0.15, 0.2) is 23.0 Å². The van der Waals surface area contributed by atoms with Crippen molar-refractivity contribution in [3.63, 3.8) is 0 Å². The molecule has 2 aromatic heterocycles. The van der Waals surface area contributed by atoms with Crippen molar-refractivity contribution in [1.29, 1.82) is 0 Å². The predicted molar refractivity (Wildman–Crippen MR) is 110 cm³/mol. The van der Waals surface area contributed by atoms with Crippen molar-refractivity contribution in [2.24, 2.45) is 7.05 Å². The first-order valence-corrected chi connectivity index (χ1v) is 9.91. The molecule has 2 heterocycles. The average Bonchev–Trinajstić information content (AvgIpc) is 2.98. The maximum Gasteiger partial charge on any atom is 0.387 e. The van der Waals surface area contributed by atoms with E-state index in [4.69, 9.17) is 11.6 Å². The summed E-state index contributed by atoms with van der Waals surface area (Å²) in [5, 5.41) is 4.85. The van der Waals surface area contributed by atoms with Crippen LogP contribution in [-0.4, -0.2) is 20.8 Å². The topological polar surface area (TPSA) is 48.5 Å². The summed E-state index contributed by atoms with van der Waals surface area (Å²) in [7, 11) is 1.64. The van der Waals surface area contributed by atoms with Gasteiger partial charge < -0.3 is 4.74 Å². The first kappa shape index (κ1) is 21.3. The van der Waals surface area contributed by atoms with Crippen molar-refractivity contribution < 1.29 is 13.5 Å². The van der Waals surface area contributed by atoms with Gasteiger partial charge in [0, 0.05) is 24.4 Å². The van der Waals surface area contributed by atoms with Gasteiger partial charge in [-0.05, 0) is 55.9 Å². The van der Waals surface area contributed by atoms with Gasteiger partial charge in [-0.2, -0.15) is 8.78 Å². The fourth-order valence-electron chi connectivity index (χ4n) is 3.74. The van der Waals surface area contributed by atoms with E-state index >= 15 is 0 Å². The number of ether oxygens (including phenoxy) is 1. The first-order valence-electron chi connectivity index (χ1n) is 9.54. The molecule has 0 aliphatic carbocycles. The second-order valence-electron chi connectivity index (χ2n) is 7.18. The largest absolute Gasteiger partial charge is 0.435 e. The van der Waals surface area contributed by atoms with Gasteiger partial charge in [0.1, 0.15) is 11.3 Å². The van der Waals surface area contributed by atoms with Crippen LogP contribution < -0.4 is 10.3 Å². The lowest BCUT2D eigenvalue weighted by Gasteiger charge is -2.15. The van der Waals surface area contributed by atoms with Gasteiger partial charge in [0.15, 0.2) is 5.82 Å². The number of halogens is 3. The molecule has 0 aliphatic heterocycles. The van der Waals surface area contributed by atoms with E-state index in [2.05, 4.69) is 23.7 Å². The van der Waals surface area contributed by atoms with Gasteiger partial charge in [0.2, 0.25) is 0 Å². The molecule has 1 aromatic carbocycles. The van der Waals surface area contributed by atoms with E-state index in [1.807, 2.05) is 13.0 Å². The summed E-state index contributed by atoms with van der Waals surface area (Å²) in [5.74, 6) is 0.623. The third kappa shape index (κ3) is 3.75. The summed E-state index contributed by atoms with van der Waals surface area (Å²) in [4.78, 5) is 13.2. The second-order valence-corrected chi connectivity index (χ2v) is 7.59. The van der Waals surface area contributed by atoms with Gasteiger partial charge in [-0.15, -0.1) is 5.10 Å². The van der Waals surface area contributed by atoms with Gasteiger partial charge in [-0.3, -0.25) is 9.36 Å². The number of alkyl halides is 2. The zero-order valence-electron chi connectivity index (χ0n) is 17.1. The molecule has 29 heavy (non-hydrogen) atoms. The molecule has 3 aromatic rings. The molecule has 0 amide bonds. The number of aryl methyl sites for hydroxylation is 2. The maximum atomic E-state index is 13.2. The monoisotopic (exact) mass is 423 g/mol. The molecule has 0 N–H and O–H groups in total. The van der Waals surface area contributed by atoms with Crippen LogP contribution in [0.25, 0.3) is 16.9 Å². The summed E-state index contributed by atoms with van der Waals surface area (Å²) >= 11 is 6.35. The van der Waals surface area contributed by atoms with Crippen molar-refractivity contribution in [3.8, 4) is 17.1 Å². The number of hydrogen-bond acceptors (Lipinski definition) is 3. The maximum absolute atomic E-state index is 13.2. The molecule has 0 spiro atoms. The number of rotatable bonds is 6. The summed E-state index contributed by atoms with van der Waals surface area (Å²) in [6.45, 7) is 4.80. The van der Waals surface area contributed by atoms with Gasteiger partial charge in [-0.25, -0.2) is 4.52 Å². The van der Waals surface area contributed by atoms with Crippen LogP contribution in [0.2, 0.25) is 5.02 Å². The van der Waals surface area contributed by atoms with Crippen molar-refractivity contribution in [3.05, 3.63) is 50.4 Å². The quantitative estimate of drug-likeness (QED) is 0.527. The smallest absolute Gasteiger partial charge is 0.387 e. The molecule has 0 saturated carbocycles. The van der Waals surface area contributed by atoms with Crippen LogP contribution in [0.5, 0.6) is 5.75 Å². The zero-order valence-corrected chi connectivity index (χ0v) is 17.8. The third-order valence-corrected chi connectivity index (χ3v) is 5.66. The lowest BCUT2D eigenvalue weighted by Crippen LogP contribution is -2.24. The molecule has 0 fully saturated rings. The van der Waals surface area contributed by atoms with Crippen LogP contribution in [0.3, 0.4) is 0 Å². The highest BCUT2D eigenvalue weighted by atomic mass is 35.5. The highest BCUT2D eigenvalue weighted by Crippen LogP contribution is 2.34. The Morgan fingerprint density at radius 3 is 2.41 bits per heavy atom. The van der Waals surface area contributed by atoms with Crippen molar-refractivity contribution in [1.82, 2.24) is 14.2 Å². The van der Waals surface area contributed by atoms with E-state index in [1.165, 1.54) is 10.6 Å². The molecular formula is C21H24ClF2N3O2. The number of nitrogens with zero attached hydrogens (tertiary/aromatic N) is 3. The Kier molecular flexibility index (Phi) is 5.98. The molecule has 5 nitrogen and oxygen atoms in total. The van der Waals surface area contributed by atoms with Crippen LogP contribution in [0.4, 0.5) is 8.78 Å². The van der Waals surface area contributed by atoms with Gasteiger partial charge in [-0.1, -0.05) is 25.4 Å². The van der Waals surface area contributed by atoms with E-state index < -0.39 is 6.61 Å². The van der Waals surface area contributed by atoms with Crippen molar-refractivity contribution in [2.45, 2.75) is 53.1 Å². The summed E-state index contributed by atoms with van der Waals surface area (Å²) < 4.78 is 32.8. The van der Waals surface area contributed by atoms with Crippen LogP contribution in [0.1, 0.15) is 49.4 Å². The summed E-state index contributed by atoms with van der Waals surface area (Å²) in [6, 6.07) is 4.94. The first-order chi connectivity index (χ1) is 13.7.